The predicted molar refractivity (Wildman–Crippen MR) is 137 cm³/mol. The van der Waals surface area contributed by atoms with Crippen molar-refractivity contribution in [1.82, 2.24) is 4.90 Å². The van der Waals surface area contributed by atoms with E-state index in [2.05, 4.69) is 29.2 Å². The van der Waals surface area contributed by atoms with Crippen LogP contribution < -0.4 is 14.4 Å². The van der Waals surface area contributed by atoms with Crippen LogP contribution in [0.4, 0.5) is 5.69 Å². The van der Waals surface area contributed by atoms with Crippen LogP contribution in [-0.4, -0.2) is 44.1 Å². The molecular weight excluding hydrogens is 452 g/mol. The van der Waals surface area contributed by atoms with Crippen LogP contribution in [0.3, 0.4) is 0 Å². The van der Waals surface area contributed by atoms with Gasteiger partial charge in [0.1, 0.15) is 18.2 Å². The van der Waals surface area contributed by atoms with Crippen molar-refractivity contribution >= 4 is 17.7 Å². The summed E-state index contributed by atoms with van der Waals surface area (Å²) in [6, 6.07) is 26.8. The highest BCUT2D eigenvalue weighted by atomic mass is 16.5. The second kappa shape index (κ2) is 11.6. The largest absolute Gasteiger partial charge is 0.493 e. The molecule has 3 aromatic rings. The van der Waals surface area contributed by atoms with Crippen molar-refractivity contribution in [3.8, 4) is 23.6 Å². The summed E-state index contributed by atoms with van der Waals surface area (Å²) >= 11 is 0. The van der Waals surface area contributed by atoms with E-state index >= 15 is 0 Å². The highest BCUT2D eigenvalue weighted by molar-refractivity contribution is 6.01. The Morgan fingerprint density at radius 1 is 0.944 bits per heavy atom. The lowest BCUT2D eigenvalue weighted by atomic mass is 10.1. The van der Waals surface area contributed by atoms with E-state index in [1.807, 2.05) is 30.3 Å². The SMILES string of the molecule is COc1cc(C=C(C#N)C(=O)N2CCN(c3ccccc3)CC2)ccc1OCc1ccccc1C#N. The first kappa shape index (κ1) is 24.4. The number of nitriles is 2. The standard InChI is InChI=1S/C29H26N4O3/c1-35-28-18-22(11-12-27(28)36-21-24-8-6-5-7-23(24)19-30)17-25(20-31)29(34)33-15-13-32(14-16-33)26-9-3-2-4-10-26/h2-12,17-18H,13-16,21H2,1H3. The molecule has 4 rings (SSSR count). The maximum Gasteiger partial charge on any atom is 0.264 e. The summed E-state index contributed by atoms with van der Waals surface area (Å²) < 4.78 is 11.4. The van der Waals surface area contributed by atoms with Gasteiger partial charge in [0, 0.05) is 37.4 Å². The first-order valence-corrected chi connectivity index (χ1v) is 11.6. The minimum atomic E-state index is -0.280. The third-order valence-electron chi connectivity index (χ3n) is 6.06. The van der Waals surface area contributed by atoms with Crippen LogP contribution in [0.1, 0.15) is 16.7 Å². The zero-order valence-corrected chi connectivity index (χ0v) is 20.1. The minimum absolute atomic E-state index is 0.0711. The molecule has 3 aromatic carbocycles. The molecule has 7 heteroatoms. The number of rotatable bonds is 7. The molecule has 36 heavy (non-hydrogen) atoms. The smallest absolute Gasteiger partial charge is 0.264 e. The van der Waals surface area contributed by atoms with Crippen molar-refractivity contribution in [2.45, 2.75) is 6.61 Å². The number of anilines is 1. The Balaban J connectivity index is 1.43. The van der Waals surface area contributed by atoms with Crippen molar-refractivity contribution in [3.63, 3.8) is 0 Å². The fraction of sp³-hybridized carbons (Fsp3) is 0.207. The Labute approximate surface area is 211 Å². The first-order chi connectivity index (χ1) is 17.6. The van der Waals surface area contributed by atoms with Crippen LogP contribution in [0, 0.1) is 22.7 Å². The van der Waals surface area contributed by atoms with Crippen molar-refractivity contribution in [2.24, 2.45) is 0 Å². The van der Waals surface area contributed by atoms with Crippen molar-refractivity contribution in [1.29, 1.82) is 10.5 Å². The lowest BCUT2D eigenvalue weighted by Gasteiger charge is -2.36. The van der Waals surface area contributed by atoms with Crippen LogP contribution in [0.5, 0.6) is 11.5 Å². The van der Waals surface area contributed by atoms with E-state index in [1.165, 1.54) is 7.11 Å². The van der Waals surface area contributed by atoms with E-state index < -0.39 is 0 Å². The van der Waals surface area contributed by atoms with Crippen LogP contribution in [-0.2, 0) is 11.4 Å². The topological polar surface area (TPSA) is 89.6 Å². The quantitative estimate of drug-likeness (QED) is 0.369. The molecule has 0 unspecified atom stereocenters. The summed E-state index contributed by atoms with van der Waals surface area (Å²) in [5.74, 6) is 0.696. The maximum atomic E-state index is 13.1. The zero-order chi connectivity index (χ0) is 25.3. The molecule has 0 atom stereocenters. The van der Waals surface area contributed by atoms with Gasteiger partial charge in [-0.15, -0.1) is 0 Å². The van der Waals surface area contributed by atoms with Crippen molar-refractivity contribution < 1.29 is 14.3 Å². The number of ether oxygens (including phenoxy) is 2. The molecule has 0 aliphatic carbocycles. The molecule has 1 heterocycles. The fourth-order valence-electron chi connectivity index (χ4n) is 4.09. The average molecular weight is 479 g/mol. The molecule has 1 saturated heterocycles. The number of nitrogens with zero attached hydrogens (tertiary/aromatic N) is 4. The van der Waals surface area contributed by atoms with E-state index in [9.17, 15) is 15.3 Å². The summed E-state index contributed by atoms with van der Waals surface area (Å²) in [5.41, 5.74) is 3.19. The van der Waals surface area contributed by atoms with E-state index in [-0.39, 0.29) is 18.1 Å². The third kappa shape index (κ3) is 5.65. The van der Waals surface area contributed by atoms with Crippen molar-refractivity contribution in [3.05, 3.63) is 95.1 Å². The van der Waals surface area contributed by atoms with Crippen LogP contribution >= 0.6 is 0 Å². The number of piperazine rings is 1. The number of carbonyl (C=O) groups excluding carboxylic acids is 1. The fourth-order valence-corrected chi connectivity index (χ4v) is 4.09. The lowest BCUT2D eigenvalue weighted by molar-refractivity contribution is -0.126. The van der Waals surface area contributed by atoms with Gasteiger partial charge in [0.15, 0.2) is 11.5 Å². The van der Waals surface area contributed by atoms with E-state index in [1.54, 1.807) is 41.3 Å². The highest BCUT2D eigenvalue weighted by Gasteiger charge is 2.24. The predicted octanol–water partition coefficient (Wildman–Crippen LogP) is 4.40. The molecule has 0 saturated carbocycles. The van der Waals surface area contributed by atoms with Gasteiger partial charge in [-0.05, 0) is 42.0 Å². The summed E-state index contributed by atoms with van der Waals surface area (Å²) in [4.78, 5) is 17.0. The molecule has 0 radical (unpaired) electrons. The first-order valence-electron chi connectivity index (χ1n) is 11.6. The van der Waals surface area contributed by atoms with Gasteiger partial charge in [-0.3, -0.25) is 4.79 Å². The van der Waals surface area contributed by atoms with E-state index in [0.29, 0.717) is 48.8 Å². The van der Waals surface area contributed by atoms with Gasteiger partial charge in [0.25, 0.3) is 5.91 Å². The molecule has 0 bridgehead atoms. The Kier molecular flexibility index (Phi) is 7.85. The summed E-state index contributed by atoms with van der Waals surface area (Å²) in [7, 11) is 1.53. The van der Waals surface area contributed by atoms with Gasteiger partial charge in [-0.25, -0.2) is 0 Å². The van der Waals surface area contributed by atoms with Crippen LogP contribution in [0.2, 0.25) is 0 Å². The number of methoxy groups -OCH3 is 1. The summed E-state index contributed by atoms with van der Waals surface area (Å²) in [5, 5.41) is 19.0. The van der Waals surface area contributed by atoms with Crippen LogP contribution in [0.15, 0.2) is 78.4 Å². The molecule has 0 spiro atoms. The van der Waals surface area contributed by atoms with Crippen molar-refractivity contribution in [2.75, 3.05) is 38.2 Å². The Morgan fingerprint density at radius 2 is 1.67 bits per heavy atom. The molecule has 0 aromatic heterocycles. The normalized spacial score (nSPS) is 13.5. The minimum Gasteiger partial charge on any atom is -0.493 e. The molecule has 0 N–H and O–H groups in total. The van der Waals surface area contributed by atoms with Gasteiger partial charge in [0.2, 0.25) is 0 Å². The molecular formula is C29H26N4O3. The number of amides is 1. The second-order valence-electron chi connectivity index (χ2n) is 8.25. The van der Waals surface area contributed by atoms with Crippen LogP contribution in [0.25, 0.3) is 6.08 Å². The lowest BCUT2D eigenvalue weighted by Crippen LogP contribution is -2.49. The van der Waals surface area contributed by atoms with E-state index in [0.717, 1.165) is 11.3 Å². The number of hydrogen-bond donors (Lipinski definition) is 0. The molecule has 1 fully saturated rings. The van der Waals surface area contributed by atoms with Gasteiger partial charge in [0.05, 0.1) is 18.7 Å². The number of benzene rings is 3. The molecule has 180 valence electrons. The average Bonchev–Trinajstić information content (AvgIpc) is 2.95. The number of para-hydroxylation sites is 1. The third-order valence-corrected chi connectivity index (χ3v) is 6.06. The summed E-state index contributed by atoms with van der Waals surface area (Å²) in [6.07, 6.45) is 1.57. The Morgan fingerprint density at radius 3 is 2.36 bits per heavy atom. The number of carbonyl (C=O) groups is 1. The second-order valence-corrected chi connectivity index (χ2v) is 8.25. The molecule has 1 aliphatic heterocycles. The molecule has 1 aliphatic rings. The van der Waals surface area contributed by atoms with Gasteiger partial charge < -0.3 is 19.3 Å². The highest BCUT2D eigenvalue weighted by Crippen LogP contribution is 2.30. The number of hydrogen-bond acceptors (Lipinski definition) is 6. The summed E-state index contributed by atoms with van der Waals surface area (Å²) in [6.45, 7) is 2.73. The van der Waals surface area contributed by atoms with E-state index in [4.69, 9.17) is 9.47 Å². The van der Waals surface area contributed by atoms with Gasteiger partial charge in [-0.1, -0.05) is 42.5 Å². The van der Waals surface area contributed by atoms with Gasteiger partial charge in [-0.2, -0.15) is 10.5 Å². The molecule has 7 nitrogen and oxygen atoms in total. The molecule has 1 amide bonds. The van der Waals surface area contributed by atoms with Gasteiger partial charge >= 0.3 is 0 Å². The maximum absolute atomic E-state index is 13.1. The Bertz CT molecular complexity index is 1330. The monoisotopic (exact) mass is 478 g/mol. The Hall–Kier alpha value is -4.75. The zero-order valence-electron chi connectivity index (χ0n) is 20.1.